The summed E-state index contributed by atoms with van der Waals surface area (Å²) in [5.41, 5.74) is 5.50. The van der Waals surface area contributed by atoms with Gasteiger partial charge in [0.15, 0.2) is 0 Å². The van der Waals surface area contributed by atoms with Gasteiger partial charge in [-0.3, -0.25) is 4.79 Å². The molecule has 15 heavy (non-hydrogen) atoms. The minimum absolute atomic E-state index is 0.0562. The highest BCUT2D eigenvalue weighted by molar-refractivity contribution is 5.86. The normalized spacial score (nSPS) is 13.6. The Hall–Kier alpha value is -1.36. The van der Waals surface area contributed by atoms with Crippen LogP contribution >= 0.6 is 0 Å². The van der Waals surface area contributed by atoms with Crippen molar-refractivity contribution in [3.05, 3.63) is 11.6 Å². The third-order valence-corrected chi connectivity index (χ3v) is 2.01. The van der Waals surface area contributed by atoms with Crippen molar-refractivity contribution >= 4 is 11.9 Å². The molecule has 0 bridgehead atoms. The van der Waals surface area contributed by atoms with Gasteiger partial charge >= 0.3 is 11.9 Å². The van der Waals surface area contributed by atoms with Crippen LogP contribution in [-0.2, 0) is 9.59 Å². The zero-order valence-corrected chi connectivity index (χ0v) is 8.77. The Balaban J connectivity index is 4.29. The van der Waals surface area contributed by atoms with Gasteiger partial charge in [-0.15, -0.1) is 0 Å². The van der Waals surface area contributed by atoms with Crippen LogP contribution in [0.3, 0.4) is 0 Å². The van der Waals surface area contributed by atoms with Crippen LogP contribution in [0.15, 0.2) is 11.6 Å². The molecule has 5 nitrogen and oxygen atoms in total. The van der Waals surface area contributed by atoms with Crippen molar-refractivity contribution in [2.45, 2.75) is 38.6 Å². The molecule has 0 saturated carbocycles. The summed E-state index contributed by atoms with van der Waals surface area (Å²) in [5.74, 6) is -2.12. The van der Waals surface area contributed by atoms with Gasteiger partial charge in [-0.1, -0.05) is 19.4 Å². The van der Waals surface area contributed by atoms with Crippen molar-refractivity contribution in [1.82, 2.24) is 0 Å². The van der Waals surface area contributed by atoms with Crippen LogP contribution in [0.5, 0.6) is 0 Å². The van der Waals surface area contributed by atoms with Gasteiger partial charge in [0.25, 0.3) is 0 Å². The SMILES string of the molecule is CCCCC(=CCC(N)C(=O)O)C(=O)O. The number of hydrogen-bond donors (Lipinski definition) is 3. The monoisotopic (exact) mass is 215 g/mol. The zero-order valence-electron chi connectivity index (χ0n) is 8.77. The Bertz CT molecular complexity index is 260. The third-order valence-electron chi connectivity index (χ3n) is 2.01. The fraction of sp³-hybridized carbons (Fsp3) is 0.600. The van der Waals surface area contributed by atoms with Crippen molar-refractivity contribution in [2.24, 2.45) is 5.73 Å². The molecule has 0 aromatic carbocycles. The van der Waals surface area contributed by atoms with E-state index >= 15 is 0 Å². The van der Waals surface area contributed by atoms with Crippen molar-refractivity contribution in [3.63, 3.8) is 0 Å². The first-order valence-corrected chi connectivity index (χ1v) is 4.89. The second-order valence-electron chi connectivity index (χ2n) is 3.32. The Morgan fingerprint density at radius 2 is 2.00 bits per heavy atom. The minimum Gasteiger partial charge on any atom is -0.480 e. The summed E-state index contributed by atoms with van der Waals surface area (Å²) in [6, 6.07) is -1.03. The van der Waals surface area contributed by atoms with Crippen molar-refractivity contribution in [3.8, 4) is 0 Å². The van der Waals surface area contributed by atoms with E-state index in [1.807, 2.05) is 6.92 Å². The lowest BCUT2D eigenvalue weighted by atomic mass is 10.1. The molecule has 0 heterocycles. The van der Waals surface area contributed by atoms with E-state index in [-0.39, 0.29) is 12.0 Å². The first-order chi connectivity index (χ1) is 6.99. The van der Waals surface area contributed by atoms with Crippen LogP contribution in [0.4, 0.5) is 0 Å². The molecule has 0 rings (SSSR count). The smallest absolute Gasteiger partial charge is 0.331 e. The summed E-state index contributed by atoms with van der Waals surface area (Å²) in [7, 11) is 0. The van der Waals surface area contributed by atoms with Crippen molar-refractivity contribution in [2.75, 3.05) is 0 Å². The number of rotatable bonds is 7. The van der Waals surface area contributed by atoms with Gasteiger partial charge in [-0.05, 0) is 19.3 Å². The number of hydrogen-bond acceptors (Lipinski definition) is 3. The Kier molecular flexibility index (Phi) is 6.37. The van der Waals surface area contributed by atoms with Crippen LogP contribution < -0.4 is 5.73 Å². The largest absolute Gasteiger partial charge is 0.480 e. The maximum atomic E-state index is 10.7. The Morgan fingerprint density at radius 3 is 2.40 bits per heavy atom. The molecule has 0 spiro atoms. The van der Waals surface area contributed by atoms with Gasteiger partial charge in [0.1, 0.15) is 6.04 Å². The van der Waals surface area contributed by atoms with E-state index in [0.29, 0.717) is 6.42 Å². The second-order valence-corrected chi connectivity index (χ2v) is 3.32. The van der Waals surface area contributed by atoms with Crippen LogP contribution in [-0.4, -0.2) is 28.2 Å². The first kappa shape index (κ1) is 13.6. The summed E-state index contributed by atoms with van der Waals surface area (Å²) in [6.07, 6.45) is 3.59. The molecule has 4 N–H and O–H groups in total. The van der Waals surface area contributed by atoms with Crippen LogP contribution in [0.1, 0.15) is 32.6 Å². The average molecular weight is 215 g/mol. The molecule has 0 radical (unpaired) electrons. The van der Waals surface area contributed by atoms with Gasteiger partial charge in [0, 0.05) is 5.57 Å². The van der Waals surface area contributed by atoms with Crippen LogP contribution in [0.25, 0.3) is 0 Å². The number of carbonyl (C=O) groups is 2. The molecular formula is C10H17NO4. The molecule has 5 heteroatoms. The molecule has 0 aliphatic rings. The molecule has 1 atom stereocenters. The van der Waals surface area contributed by atoms with Gasteiger partial charge in [0.2, 0.25) is 0 Å². The summed E-state index contributed by atoms with van der Waals surface area (Å²) in [6.45, 7) is 1.96. The molecule has 0 fully saturated rings. The Labute approximate surface area is 88.6 Å². The molecule has 0 aliphatic heterocycles. The molecule has 86 valence electrons. The molecule has 0 saturated heterocycles. The number of carboxylic acids is 2. The molecule has 0 aliphatic carbocycles. The number of carboxylic acid groups (broad SMARTS) is 2. The summed E-state index contributed by atoms with van der Waals surface area (Å²) in [5, 5.41) is 17.3. The molecule has 1 unspecified atom stereocenters. The third kappa shape index (κ3) is 5.85. The minimum atomic E-state index is -1.12. The van der Waals surface area contributed by atoms with Gasteiger partial charge in [0.05, 0.1) is 0 Å². The average Bonchev–Trinajstić information content (AvgIpc) is 2.16. The second kappa shape index (κ2) is 7.00. The van der Waals surface area contributed by atoms with E-state index < -0.39 is 18.0 Å². The number of unbranched alkanes of at least 4 members (excludes halogenated alkanes) is 1. The van der Waals surface area contributed by atoms with Crippen molar-refractivity contribution < 1.29 is 19.8 Å². The fourth-order valence-corrected chi connectivity index (χ4v) is 1.03. The Morgan fingerprint density at radius 1 is 1.40 bits per heavy atom. The zero-order chi connectivity index (χ0) is 11.8. The van der Waals surface area contributed by atoms with E-state index in [1.54, 1.807) is 0 Å². The van der Waals surface area contributed by atoms with Crippen molar-refractivity contribution in [1.29, 1.82) is 0 Å². The highest BCUT2D eigenvalue weighted by Gasteiger charge is 2.12. The van der Waals surface area contributed by atoms with Gasteiger partial charge in [-0.2, -0.15) is 0 Å². The summed E-state index contributed by atoms with van der Waals surface area (Å²) >= 11 is 0. The fourth-order valence-electron chi connectivity index (χ4n) is 1.03. The first-order valence-electron chi connectivity index (χ1n) is 4.89. The highest BCUT2D eigenvalue weighted by atomic mass is 16.4. The standard InChI is InChI=1S/C10H17NO4/c1-2-3-4-7(9(12)13)5-6-8(11)10(14)15/h5,8H,2-4,6,11H2,1H3,(H,12,13)(H,14,15). The molecular weight excluding hydrogens is 198 g/mol. The lowest BCUT2D eigenvalue weighted by Gasteiger charge is -2.04. The van der Waals surface area contributed by atoms with Gasteiger partial charge in [-0.25, -0.2) is 4.79 Å². The van der Waals surface area contributed by atoms with Crippen LogP contribution in [0, 0.1) is 0 Å². The lowest BCUT2D eigenvalue weighted by molar-refractivity contribution is -0.138. The quantitative estimate of drug-likeness (QED) is 0.550. The summed E-state index contributed by atoms with van der Waals surface area (Å²) in [4.78, 5) is 21.1. The number of nitrogens with two attached hydrogens (primary N) is 1. The lowest BCUT2D eigenvalue weighted by Crippen LogP contribution is -2.29. The summed E-state index contributed by atoms with van der Waals surface area (Å²) < 4.78 is 0. The molecule has 0 aromatic heterocycles. The van der Waals surface area contributed by atoms with Gasteiger partial charge < -0.3 is 15.9 Å². The van der Waals surface area contributed by atoms with E-state index in [9.17, 15) is 9.59 Å². The predicted octanol–water partition coefficient (Wildman–Crippen LogP) is 0.990. The van der Waals surface area contributed by atoms with E-state index in [0.717, 1.165) is 12.8 Å². The van der Waals surface area contributed by atoms with E-state index in [1.165, 1.54) is 6.08 Å². The molecule has 0 amide bonds. The maximum absolute atomic E-state index is 10.7. The highest BCUT2D eigenvalue weighted by Crippen LogP contribution is 2.09. The topological polar surface area (TPSA) is 101 Å². The molecule has 0 aromatic rings. The predicted molar refractivity (Wildman–Crippen MR) is 55.5 cm³/mol. The van der Waals surface area contributed by atoms with Crippen LogP contribution in [0.2, 0.25) is 0 Å². The van der Waals surface area contributed by atoms with E-state index in [2.05, 4.69) is 0 Å². The maximum Gasteiger partial charge on any atom is 0.331 e. The number of aliphatic carboxylic acids is 2. The van der Waals surface area contributed by atoms with E-state index in [4.69, 9.17) is 15.9 Å².